The molecular formula is C22H21ClN3O3+. The van der Waals surface area contributed by atoms with Gasteiger partial charge < -0.3 is 10.6 Å². The number of amides is 1. The molecule has 3 N–H and O–H groups in total. The molecule has 29 heavy (non-hydrogen) atoms. The van der Waals surface area contributed by atoms with Crippen molar-refractivity contribution in [2.75, 3.05) is 11.9 Å². The van der Waals surface area contributed by atoms with Crippen molar-refractivity contribution in [2.24, 2.45) is 0 Å². The fraction of sp³-hybridized carbons (Fsp3) is 0.136. The maximum absolute atomic E-state index is 12.5. The Morgan fingerprint density at radius 2 is 1.72 bits per heavy atom. The van der Waals surface area contributed by atoms with E-state index in [-0.39, 0.29) is 29.9 Å². The summed E-state index contributed by atoms with van der Waals surface area (Å²) in [5.74, 6) is -0.344. The second-order valence-electron chi connectivity index (χ2n) is 6.71. The summed E-state index contributed by atoms with van der Waals surface area (Å²) < 4.78 is 0. The van der Waals surface area contributed by atoms with E-state index in [4.69, 9.17) is 11.6 Å². The minimum atomic E-state index is -0.547. The molecule has 0 aromatic heterocycles. The van der Waals surface area contributed by atoms with E-state index in [1.54, 1.807) is 0 Å². The molecule has 0 saturated carbocycles. The molecule has 7 heteroatoms. The zero-order chi connectivity index (χ0) is 20.8. The van der Waals surface area contributed by atoms with E-state index in [1.807, 2.05) is 66.8 Å². The number of rotatable bonds is 7. The molecule has 0 unspecified atom stereocenters. The number of nitrogens with zero attached hydrogens (tertiary/aromatic N) is 1. The minimum absolute atomic E-state index is 0.0723. The topological polar surface area (TPSA) is 88.8 Å². The molecule has 3 aromatic rings. The highest BCUT2D eigenvalue weighted by molar-refractivity contribution is 6.31. The number of nitro groups is 1. The Hall–Kier alpha value is -3.22. The van der Waals surface area contributed by atoms with Crippen LogP contribution in [-0.4, -0.2) is 17.4 Å². The van der Waals surface area contributed by atoms with Crippen LogP contribution in [0.15, 0.2) is 72.8 Å². The maximum atomic E-state index is 12.5. The molecule has 0 aliphatic carbocycles. The molecule has 0 radical (unpaired) electrons. The highest BCUT2D eigenvalue weighted by Crippen LogP contribution is 2.27. The van der Waals surface area contributed by atoms with Gasteiger partial charge in [-0.25, -0.2) is 0 Å². The predicted octanol–water partition coefficient (Wildman–Crippen LogP) is 3.85. The van der Waals surface area contributed by atoms with E-state index in [1.165, 1.54) is 18.2 Å². The van der Waals surface area contributed by atoms with Crippen LogP contribution in [0, 0.1) is 17.0 Å². The second-order valence-corrected chi connectivity index (χ2v) is 7.14. The van der Waals surface area contributed by atoms with Gasteiger partial charge in [-0.05, 0) is 19.1 Å². The number of nitro benzene ring substituents is 1. The van der Waals surface area contributed by atoms with Crippen LogP contribution in [0.25, 0.3) is 0 Å². The van der Waals surface area contributed by atoms with E-state index >= 15 is 0 Å². The summed E-state index contributed by atoms with van der Waals surface area (Å²) in [5.41, 5.74) is 3.20. The molecule has 148 valence electrons. The highest BCUT2D eigenvalue weighted by Gasteiger charge is 2.21. The lowest BCUT2D eigenvalue weighted by Crippen LogP contribution is -2.87. The van der Waals surface area contributed by atoms with E-state index in [9.17, 15) is 14.9 Å². The first-order chi connectivity index (χ1) is 13.9. The summed E-state index contributed by atoms with van der Waals surface area (Å²) in [6, 6.07) is 22.1. The number of anilines is 1. The molecule has 6 nitrogen and oxygen atoms in total. The van der Waals surface area contributed by atoms with Gasteiger partial charge in [0.05, 0.1) is 4.92 Å². The van der Waals surface area contributed by atoms with Gasteiger partial charge in [-0.3, -0.25) is 14.9 Å². The van der Waals surface area contributed by atoms with Crippen LogP contribution in [0.3, 0.4) is 0 Å². The number of carbonyl (C=O) groups is 1. The standard InChI is InChI=1S/C22H20ClN3O3/c1-15-7-9-17(10-8-15)22(16-5-3-2-4-6-16)24-14-21(27)25-19-13-18(23)11-12-20(19)26(28)29/h2-13,22,24H,14H2,1H3,(H,25,27)/p+1/t22-/m0/s1. The van der Waals surface area contributed by atoms with E-state index in [0.717, 1.165) is 16.7 Å². The van der Waals surface area contributed by atoms with Crippen molar-refractivity contribution in [2.45, 2.75) is 13.0 Å². The van der Waals surface area contributed by atoms with Crippen molar-refractivity contribution in [3.8, 4) is 0 Å². The number of hydrogen-bond donors (Lipinski definition) is 2. The third-order valence-corrected chi connectivity index (χ3v) is 4.80. The molecule has 0 heterocycles. The van der Waals surface area contributed by atoms with Crippen LogP contribution in [0.1, 0.15) is 22.7 Å². The van der Waals surface area contributed by atoms with Gasteiger partial charge in [0, 0.05) is 22.2 Å². The molecule has 0 bridgehead atoms. The largest absolute Gasteiger partial charge is 0.328 e. The van der Waals surface area contributed by atoms with Crippen molar-refractivity contribution in [3.05, 3.63) is 105 Å². The number of nitrogens with one attached hydrogen (secondary N) is 1. The Labute approximate surface area is 173 Å². The molecule has 0 saturated heterocycles. The van der Waals surface area contributed by atoms with Gasteiger partial charge in [0.1, 0.15) is 11.7 Å². The van der Waals surface area contributed by atoms with Crippen molar-refractivity contribution >= 4 is 28.9 Å². The molecule has 0 aliphatic heterocycles. The number of benzene rings is 3. The first-order valence-corrected chi connectivity index (χ1v) is 9.50. The average molecular weight is 411 g/mol. The monoisotopic (exact) mass is 410 g/mol. The van der Waals surface area contributed by atoms with Gasteiger partial charge in [0.25, 0.3) is 11.6 Å². The zero-order valence-electron chi connectivity index (χ0n) is 15.8. The van der Waals surface area contributed by atoms with Crippen LogP contribution in [0.4, 0.5) is 11.4 Å². The van der Waals surface area contributed by atoms with Crippen molar-refractivity contribution in [1.82, 2.24) is 0 Å². The smallest absolute Gasteiger partial charge is 0.292 e. The van der Waals surface area contributed by atoms with Crippen molar-refractivity contribution in [1.29, 1.82) is 0 Å². The van der Waals surface area contributed by atoms with E-state index < -0.39 is 4.92 Å². The van der Waals surface area contributed by atoms with Crippen molar-refractivity contribution < 1.29 is 15.0 Å². The lowest BCUT2D eigenvalue weighted by atomic mass is 9.98. The van der Waals surface area contributed by atoms with Gasteiger partial charge in [0.2, 0.25) is 0 Å². The molecule has 1 amide bonds. The quantitative estimate of drug-likeness (QED) is 0.458. The number of hydrogen-bond acceptors (Lipinski definition) is 3. The van der Waals surface area contributed by atoms with Crippen molar-refractivity contribution in [3.63, 3.8) is 0 Å². The fourth-order valence-electron chi connectivity index (χ4n) is 3.09. The van der Waals surface area contributed by atoms with Gasteiger partial charge >= 0.3 is 0 Å². The number of nitrogens with two attached hydrogens (primary N) is 1. The molecule has 0 fully saturated rings. The van der Waals surface area contributed by atoms with Crippen LogP contribution in [-0.2, 0) is 4.79 Å². The molecule has 3 rings (SSSR count). The Kier molecular flexibility index (Phi) is 6.59. The van der Waals surface area contributed by atoms with Gasteiger partial charge in [-0.2, -0.15) is 0 Å². The van der Waals surface area contributed by atoms with Crippen LogP contribution in [0.5, 0.6) is 0 Å². The summed E-state index contributed by atoms with van der Waals surface area (Å²) in [6.07, 6.45) is 0. The molecule has 1 atom stereocenters. The lowest BCUT2D eigenvalue weighted by Gasteiger charge is -2.17. The minimum Gasteiger partial charge on any atom is -0.328 e. The van der Waals surface area contributed by atoms with Gasteiger partial charge in [-0.1, -0.05) is 71.8 Å². The Bertz CT molecular complexity index is 1010. The first-order valence-electron chi connectivity index (χ1n) is 9.12. The summed E-state index contributed by atoms with van der Waals surface area (Å²) in [7, 11) is 0. The second kappa shape index (κ2) is 9.32. The molecule has 0 spiro atoms. The molecular weight excluding hydrogens is 390 g/mol. The van der Waals surface area contributed by atoms with Crippen LogP contribution >= 0.6 is 11.6 Å². The molecule has 0 aliphatic rings. The van der Waals surface area contributed by atoms with Crippen LogP contribution < -0.4 is 10.6 Å². The first kappa shape index (κ1) is 20.5. The normalized spacial score (nSPS) is 11.7. The fourth-order valence-corrected chi connectivity index (χ4v) is 3.26. The summed E-state index contributed by atoms with van der Waals surface area (Å²) >= 11 is 5.92. The summed E-state index contributed by atoms with van der Waals surface area (Å²) in [5, 5.41) is 16.0. The number of halogens is 1. The number of carbonyl (C=O) groups excluding carboxylic acids is 1. The molecule has 3 aromatic carbocycles. The van der Waals surface area contributed by atoms with Gasteiger partial charge in [0.15, 0.2) is 6.54 Å². The third kappa shape index (κ3) is 5.40. The lowest BCUT2D eigenvalue weighted by molar-refractivity contribution is -0.676. The number of aryl methyl sites for hydroxylation is 1. The summed E-state index contributed by atoms with van der Waals surface area (Å²) in [6.45, 7) is 2.12. The Balaban J connectivity index is 1.76. The SMILES string of the molecule is Cc1ccc([C@@H]([NH2+]CC(=O)Nc2cc(Cl)ccc2[N+](=O)[O-])c2ccccc2)cc1. The van der Waals surface area contributed by atoms with Gasteiger partial charge in [-0.15, -0.1) is 0 Å². The predicted molar refractivity (Wildman–Crippen MR) is 113 cm³/mol. The maximum Gasteiger partial charge on any atom is 0.292 e. The van der Waals surface area contributed by atoms with E-state index in [2.05, 4.69) is 5.32 Å². The summed E-state index contributed by atoms with van der Waals surface area (Å²) in [4.78, 5) is 23.1. The Morgan fingerprint density at radius 3 is 2.38 bits per heavy atom. The van der Waals surface area contributed by atoms with Crippen LogP contribution in [0.2, 0.25) is 5.02 Å². The van der Waals surface area contributed by atoms with E-state index in [0.29, 0.717) is 5.02 Å². The zero-order valence-corrected chi connectivity index (χ0v) is 16.6. The number of quaternary nitrogens is 1. The average Bonchev–Trinajstić information content (AvgIpc) is 2.70. The highest BCUT2D eigenvalue weighted by atomic mass is 35.5. The Morgan fingerprint density at radius 1 is 1.07 bits per heavy atom. The third-order valence-electron chi connectivity index (χ3n) is 4.56.